The van der Waals surface area contributed by atoms with E-state index in [-0.39, 0.29) is 12.3 Å². The molecule has 4 N–H and O–H groups in total. The summed E-state index contributed by atoms with van der Waals surface area (Å²) in [5, 5.41) is 8.59. The zero-order chi connectivity index (χ0) is 13.6. The van der Waals surface area contributed by atoms with E-state index in [4.69, 9.17) is 10.8 Å². The van der Waals surface area contributed by atoms with Crippen molar-refractivity contribution in [1.82, 2.24) is 4.72 Å². The van der Waals surface area contributed by atoms with Crippen LogP contribution in [0, 0.1) is 0 Å². The zero-order valence-electron chi connectivity index (χ0n) is 10.5. The van der Waals surface area contributed by atoms with Gasteiger partial charge in [-0.1, -0.05) is 19.1 Å². The number of hydrogen-bond donors (Lipinski definition) is 3. The average molecular weight is 272 g/mol. The summed E-state index contributed by atoms with van der Waals surface area (Å²) in [7, 11) is -3.33. The molecule has 0 aromatic heterocycles. The predicted molar refractivity (Wildman–Crippen MR) is 71.9 cm³/mol. The molecule has 1 unspecified atom stereocenters. The van der Waals surface area contributed by atoms with Crippen molar-refractivity contribution >= 4 is 10.0 Å². The molecule has 0 aliphatic carbocycles. The number of sulfonamides is 1. The van der Waals surface area contributed by atoms with Crippen molar-refractivity contribution in [3.8, 4) is 5.75 Å². The van der Waals surface area contributed by atoms with Gasteiger partial charge in [0.25, 0.3) is 0 Å². The molecular formula is C12H20N2O3S. The van der Waals surface area contributed by atoms with Gasteiger partial charge in [-0.05, 0) is 30.5 Å². The largest absolute Gasteiger partial charge is 0.508 e. The predicted octanol–water partition coefficient (Wildman–Crippen LogP) is 0.591. The maximum Gasteiger partial charge on any atom is 0.215 e. The van der Waals surface area contributed by atoms with Crippen LogP contribution in [0.5, 0.6) is 5.75 Å². The van der Waals surface area contributed by atoms with Crippen LogP contribution in [0.25, 0.3) is 0 Å². The fourth-order valence-electron chi connectivity index (χ4n) is 1.63. The molecule has 1 aromatic rings. The average Bonchev–Trinajstić information content (AvgIpc) is 2.32. The molecule has 0 amide bonds. The van der Waals surface area contributed by atoms with Crippen molar-refractivity contribution in [3.63, 3.8) is 0 Å². The summed E-state index contributed by atoms with van der Waals surface area (Å²) < 4.78 is 26.2. The third-order valence-corrected chi connectivity index (χ3v) is 4.82. The third-order valence-electron chi connectivity index (χ3n) is 2.81. The first-order chi connectivity index (χ1) is 8.49. The van der Waals surface area contributed by atoms with Crippen molar-refractivity contribution in [1.29, 1.82) is 0 Å². The molecule has 5 nitrogen and oxygen atoms in total. The highest BCUT2D eigenvalue weighted by molar-refractivity contribution is 7.90. The van der Waals surface area contributed by atoms with E-state index in [2.05, 4.69) is 4.72 Å². The van der Waals surface area contributed by atoms with Crippen LogP contribution in [0.2, 0.25) is 0 Å². The van der Waals surface area contributed by atoms with E-state index < -0.39 is 15.3 Å². The van der Waals surface area contributed by atoms with E-state index in [1.165, 1.54) is 0 Å². The van der Waals surface area contributed by atoms with Gasteiger partial charge in [-0.2, -0.15) is 0 Å². The van der Waals surface area contributed by atoms with E-state index in [1.807, 2.05) is 0 Å². The molecule has 1 rings (SSSR count). The molecule has 0 saturated carbocycles. The molecule has 18 heavy (non-hydrogen) atoms. The van der Waals surface area contributed by atoms with Crippen LogP contribution in [0.1, 0.15) is 18.9 Å². The zero-order valence-corrected chi connectivity index (χ0v) is 11.3. The molecular weight excluding hydrogens is 252 g/mol. The fraction of sp³-hybridized carbons (Fsp3) is 0.500. The summed E-state index contributed by atoms with van der Waals surface area (Å²) in [4.78, 5) is 0. The molecule has 0 saturated heterocycles. The Balaban J connectivity index is 2.48. The van der Waals surface area contributed by atoms with Crippen molar-refractivity contribution in [2.75, 3.05) is 13.1 Å². The van der Waals surface area contributed by atoms with E-state index in [0.717, 1.165) is 5.56 Å². The molecule has 0 aliphatic rings. The van der Waals surface area contributed by atoms with Gasteiger partial charge in [0.15, 0.2) is 0 Å². The highest BCUT2D eigenvalue weighted by Gasteiger charge is 2.21. The van der Waals surface area contributed by atoms with Crippen LogP contribution in [0.4, 0.5) is 0 Å². The minimum atomic E-state index is -3.33. The molecule has 102 valence electrons. The number of rotatable bonds is 7. The van der Waals surface area contributed by atoms with Crippen molar-refractivity contribution < 1.29 is 13.5 Å². The van der Waals surface area contributed by atoms with E-state index in [0.29, 0.717) is 19.4 Å². The van der Waals surface area contributed by atoms with Crippen molar-refractivity contribution in [2.45, 2.75) is 25.0 Å². The van der Waals surface area contributed by atoms with Crippen LogP contribution in [-0.4, -0.2) is 31.9 Å². The summed E-state index contributed by atoms with van der Waals surface area (Å²) in [6.45, 7) is 2.27. The lowest BCUT2D eigenvalue weighted by atomic mass is 10.1. The Morgan fingerprint density at radius 1 is 1.33 bits per heavy atom. The van der Waals surface area contributed by atoms with E-state index in [9.17, 15) is 8.42 Å². The van der Waals surface area contributed by atoms with Gasteiger partial charge in [0, 0.05) is 13.1 Å². The van der Waals surface area contributed by atoms with Crippen LogP contribution >= 0.6 is 0 Å². The molecule has 1 atom stereocenters. The second-order valence-electron chi connectivity index (χ2n) is 4.12. The summed E-state index contributed by atoms with van der Waals surface area (Å²) in [5.41, 5.74) is 6.39. The minimum absolute atomic E-state index is 0.130. The molecule has 0 heterocycles. The summed E-state index contributed by atoms with van der Waals surface area (Å²) in [6.07, 6.45) is 1.09. The first-order valence-corrected chi connectivity index (χ1v) is 7.50. The van der Waals surface area contributed by atoms with Gasteiger partial charge in [0.2, 0.25) is 10.0 Å². The molecule has 0 radical (unpaired) electrons. The highest BCUT2D eigenvalue weighted by atomic mass is 32.2. The number of phenols is 1. The van der Waals surface area contributed by atoms with Gasteiger partial charge >= 0.3 is 0 Å². The lowest BCUT2D eigenvalue weighted by Gasteiger charge is -2.14. The monoisotopic (exact) mass is 272 g/mol. The molecule has 0 aliphatic heterocycles. The molecule has 1 aromatic carbocycles. The maximum atomic E-state index is 11.8. The first kappa shape index (κ1) is 14.9. The number of benzene rings is 1. The maximum absolute atomic E-state index is 11.8. The Kier molecular flexibility index (Phi) is 5.58. The summed E-state index contributed by atoms with van der Waals surface area (Å²) in [5.74, 6) is 0.202. The summed E-state index contributed by atoms with van der Waals surface area (Å²) >= 11 is 0. The quantitative estimate of drug-likeness (QED) is 0.677. The summed E-state index contributed by atoms with van der Waals surface area (Å²) in [6, 6.07) is 6.70. The smallest absolute Gasteiger partial charge is 0.215 e. The second kappa shape index (κ2) is 6.72. The molecule has 0 bridgehead atoms. The Morgan fingerprint density at radius 3 is 2.44 bits per heavy atom. The topological polar surface area (TPSA) is 92.4 Å². The Hall–Kier alpha value is -1.11. The Morgan fingerprint density at radius 2 is 1.94 bits per heavy atom. The van der Waals surface area contributed by atoms with Crippen molar-refractivity contribution in [2.24, 2.45) is 5.73 Å². The lowest BCUT2D eigenvalue weighted by molar-refractivity contribution is 0.475. The van der Waals surface area contributed by atoms with Gasteiger partial charge in [0.05, 0.1) is 5.25 Å². The number of hydrogen-bond acceptors (Lipinski definition) is 4. The number of nitrogens with one attached hydrogen (secondary N) is 1. The lowest BCUT2D eigenvalue weighted by Crippen LogP contribution is -2.39. The highest BCUT2D eigenvalue weighted by Crippen LogP contribution is 2.10. The van der Waals surface area contributed by atoms with Crippen LogP contribution in [0.3, 0.4) is 0 Å². The van der Waals surface area contributed by atoms with Gasteiger partial charge in [-0.15, -0.1) is 0 Å². The number of phenolic OH excluding ortho intramolecular Hbond substituents is 1. The first-order valence-electron chi connectivity index (χ1n) is 5.96. The van der Waals surface area contributed by atoms with Crippen LogP contribution in [-0.2, 0) is 16.4 Å². The fourth-order valence-corrected chi connectivity index (χ4v) is 2.95. The standard InChI is InChI=1S/C12H20N2O3S/c1-2-12(9-13)18(16,17)14-8-7-10-3-5-11(15)6-4-10/h3-6,12,14-15H,2,7-9,13H2,1H3. The van der Waals surface area contributed by atoms with Gasteiger partial charge < -0.3 is 10.8 Å². The Labute approximate surface area is 108 Å². The van der Waals surface area contributed by atoms with Crippen LogP contribution < -0.4 is 10.5 Å². The van der Waals surface area contributed by atoms with E-state index >= 15 is 0 Å². The van der Waals surface area contributed by atoms with Crippen molar-refractivity contribution in [3.05, 3.63) is 29.8 Å². The van der Waals surface area contributed by atoms with Gasteiger partial charge in [0.1, 0.15) is 5.75 Å². The third kappa shape index (κ3) is 4.29. The Bertz CT molecular complexity index is 453. The van der Waals surface area contributed by atoms with Gasteiger partial charge in [-0.25, -0.2) is 13.1 Å². The molecule has 0 spiro atoms. The van der Waals surface area contributed by atoms with Gasteiger partial charge in [-0.3, -0.25) is 0 Å². The minimum Gasteiger partial charge on any atom is -0.508 e. The molecule has 6 heteroatoms. The second-order valence-corrected chi connectivity index (χ2v) is 6.17. The SMILES string of the molecule is CCC(CN)S(=O)(=O)NCCc1ccc(O)cc1. The molecule has 0 fully saturated rings. The normalized spacial score (nSPS) is 13.4. The number of nitrogens with two attached hydrogens (primary N) is 1. The number of aromatic hydroxyl groups is 1. The van der Waals surface area contributed by atoms with Crippen LogP contribution in [0.15, 0.2) is 24.3 Å². The van der Waals surface area contributed by atoms with E-state index in [1.54, 1.807) is 31.2 Å².